The minimum Gasteiger partial charge on any atom is -0.490 e. The summed E-state index contributed by atoms with van der Waals surface area (Å²) in [6, 6.07) is 3.55. The Balaban J connectivity index is 2.32. The first-order valence-electron chi connectivity index (χ1n) is 4.28. The highest BCUT2D eigenvalue weighted by Gasteiger charge is 1.98. The van der Waals surface area contributed by atoms with Gasteiger partial charge in [0.15, 0.2) is 11.6 Å². The molecule has 1 rings (SSSR count). The van der Waals surface area contributed by atoms with Gasteiger partial charge in [-0.15, -0.1) is 0 Å². The lowest BCUT2D eigenvalue weighted by Gasteiger charge is -2.06. The zero-order valence-corrected chi connectivity index (χ0v) is 7.44. The van der Waals surface area contributed by atoms with Gasteiger partial charge in [0, 0.05) is 12.8 Å². The van der Waals surface area contributed by atoms with E-state index < -0.39 is 0 Å². The fourth-order valence-corrected chi connectivity index (χ4v) is 0.921. The molecular weight excluding hydrogens is 168 g/mol. The van der Waals surface area contributed by atoms with Crippen LogP contribution < -0.4 is 10.5 Å². The summed E-state index contributed by atoms with van der Waals surface area (Å²) in [7, 11) is 0. The number of anilines is 1. The molecule has 0 saturated heterocycles. The highest BCUT2D eigenvalue weighted by atomic mass is 16.5. The lowest BCUT2D eigenvalue weighted by atomic mass is 10.3. The molecule has 0 aliphatic carbocycles. The summed E-state index contributed by atoms with van der Waals surface area (Å²) >= 11 is 0. The van der Waals surface area contributed by atoms with E-state index in [4.69, 9.17) is 15.6 Å². The number of nitrogens with two attached hydrogens (primary N) is 1. The Labute approximate surface area is 77.4 Å². The number of hydrogen-bond acceptors (Lipinski definition) is 4. The number of rotatable bonds is 5. The lowest BCUT2D eigenvalue weighted by Crippen LogP contribution is -2.02. The standard InChI is InChI=1S/C9H14N2O2/c10-9-8(4-3-5-11-9)13-7-2-1-6-12/h3-5,12H,1-2,6-7H2,(H2,10,11). The smallest absolute Gasteiger partial charge is 0.166 e. The van der Waals surface area contributed by atoms with E-state index in [1.165, 1.54) is 0 Å². The predicted octanol–water partition coefficient (Wildman–Crippen LogP) is 0.815. The first-order chi connectivity index (χ1) is 6.34. The molecule has 13 heavy (non-hydrogen) atoms. The van der Waals surface area contributed by atoms with E-state index in [1.54, 1.807) is 18.3 Å². The van der Waals surface area contributed by atoms with Crippen molar-refractivity contribution in [2.75, 3.05) is 18.9 Å². The van der Waals surface area contributed by atoms with Gasteiger partial charge >= 0.3 is 0 Å². The SMILES string of the molecule is Nc1ncccc1OCCCCO. The topological polar surface area (TPSA) is 68.4 Å². The minimum absolute atomic E-state index is 0.200. The molecule has 3 N–H and O–H groups in total. The second-order valence-corrected chi connectivity index (χ2v) is 2.67. The van der Waals surface area contributed by atoms with E-state index in [0.717, 1.165) is 12.8 Å². The maximum Gasteiger partial charge on any atom is 0.166 e. The van der Waals surface area contributed by atoms with E-state index >= 15 is 0 Å². The summed E-state index contributed by atoms with van der Waals surface area (Å²) in [5.41, 5.74) is 5.55. The lowest BCUT2D eigenvalue weighted by molar-refractivity contribution is 0.253. The molecule has 0 unspecified atom stereocenters. The van der Waals surface area contributed by atoms with Crippen LogP contribution in [0.3, 0.4) is 0 Å². The van der Waals surface area contributed by atoms with Crippen molar-refractivity contribution in [3.05, 3.63) is 18.3 Å². The molecule has 0 fully saturated rings. The van der Waals surface area contributed by atoms with Crippen molar-refractivity contribution in [1.82, 2.24) is 4.98 Å². The average molecular weight is 182 g/mol. The van der Waals surface area contributed by atoms with Gasteiger partial charge in [-0.05, 0) is 25.0 Å². The number of unbranched alkanes of at least 4 members (excludes halogenated alkanes) is 1. The van der Waals surface area contributed by atoms with Crippen molar-refractivity contribution >= 4 is 5.82 Å². The maximum absolute atomic E-state index is 8.53. The molecule has 0 bridgehead atoms. The third-order valence-electron chi connectivity index (χ3n) is 1.61. The highest BCUT2D eigenvalue weighted by molar-refractivity contribution is 5.44. The molecule has 1 heterocycles. The number of aliphatic hydroxyl groups excluding tert-OH is 1. The molecule has 1 aromatic rings. The van der Waals surface area contributed by atoms with Crippen LogP contribution in [0.1, 0.15) is 12.8 Å². The van der Waals surface area contributed by atoms with Crippen molar-refractivity contribution in [2.24, 2.45) is 0 Å². The fourth-order valence-electron chi connectivity index (χ4n) is 0.921. The molecule has 0 saturated carbocycles. The van der Waals surface area contributed by atoms with Gasteiger partial charge in [-0.25, -0.2) is 4.98 Å². The van der Waals surface area contributed by atoms with Crippen LogP contribution in [0.25, 0.3) is 0 Å². The summed E-state index contributed by atoms with van der Waals surface area (Å²) in [4.78, 5) is 3.88. The van der Waals surface area contributed by atoms with E-state index in [1.807, 2.05) is 0 Å². The summed E-state index contributed by atoms with van der Waals surface area (Å²) in [6.45, 7) is 0.766. The van der Waals surface area contributed by atoms with Gasteiger partial charge in [0.1, 0.15) is 0 Å². The summed E-state index contributed by atoms with van der Waals surface area (Å²) in [5.74, 6) is 1.02. The number of nitrogen functional groups attached to an aromatic ring is 1. The molecule has 0 aliphatic heterocycles. The molecule has 0 aliphatic rings. The number of pyridine rings is 1. The fraction of sp³-hybridized carbons (Fsp3) is 0.444. The van der Waals surface area contributed by atoms with E-state index in [9.17, 15) is 0 Å². The van der Waals surface area contributed by atoms with Crippen LogP contribution in [0.15, 0.2) is 18.3 Å². The predicted molar refractivity (Wildman–Crippen MR) is 50.5 cm³/mol. The van der Waals surface area contributed by atoms with Gasteiger partial charge in [0.2, 0.25) is 0 Å². The van der Waals surface area contributed by atoms with Crippen LogP contribution in [0.2, 0.25) is 0 Å². The molecule has 1 aromatic heterocycles. The minimum atomic E-state index is 0.200. The van der Waals surface area contributed by atoms with Crippen LogP contribution in [0, 0.1) is 0 Å². The molecule has 0 atom stereocenters. The Morgan fingerprint density at radius 1 is 1.46 bits per heavy atom. The van der Waals surface area contributed by atoms with Crippen molar-refractivity contribution in [2.45, 2.75) is 12.8 Å². The number of ether oxygens (including phenoxy) is 1. The van der Waals surface area contributed by atoms with E-state index in [0.29, 0.717) is 18.2 Å². The van der Waals surface area contributed by atoms with Crippen molar-refractivity contribution < 1.29 is 9.84 Å². The van der Waals surface area contributed by atoms with Crippen LogP contribution in [-0.4, -0.2) is 23.3 Å². The largest absolute Gasteiger partial charge is 0.490 e. The molecule has 0 spiro atoms. The van der Waals surface area contributed by atoms with Crippen LogP contribution >= 0.6 is 0 Å². The van der Waals surface area contributed by atoms with Gasteiger partial charge in [0.25, 0.3) is 0 Å². The average Bonchev–Trinajstić information content (AvgIpc) is 2.15. The number of aliphatic hydroxyl groups is 1. The molecule has 4 heteroatoms. The first kappa shape index (κ1) is 9.80. The van der Waals surface area contributed by atoms with E-state index in [2.05, 4.69) is 4.98 Å². The quantitative estimate of drug-likeness (QED) is 0.661. The van der Waals surface area contributed by atoms with Gasteiger partial charge in [-0.2, -0.15) is 0 Å². The second-order valence-electron chi connectivity index (χ2n) is 2.67. The van der Waals surface area contributed by atoms with Crippen molar-refractivity contribution in [3.63, 3.8) is 0 Å². The van der Waals surface area contributed by atoms with Crippen molar-refractivity contribution in [3.8, 4) is 5.75 Å². The monoisotopic (exact) mass is 182 g/mol. The summed E-state index contributed by atoms with van der Waals surface area (Å²) in [6.07, 6.45) is 3.20. The third-order valence-corrected chi connectivity index (χ3v) is 1.61. The normalized spacial score (nSPS) is 9.92. The highest BCUT2D eigenvalue weighted by Crippen LogP contribution is 2.16. The Morgan fingerprint density at radius 2 is 2.31 bits per heavy atom. The zero-order chi connectivity index (χ0) is 9.52. The van der Waals surface area contributed by atoms with Gasteiger partial charge < -0.3 is 15.6 Å². The molecule has 0 amide bonds. The molecular formula is C9H14N2O2. The summed E-state index contributed by atoms with van der Waals surface area (Å²) in [5, 5.41) is 8.53. The van der Waals surface area contributed by atoms with Crippen LogP contribution in [-0.2, 0) is 0 Å². The van der Waals surface area contributed by atoms with Gasteiger partial charge in [-0.3, -0.25) is 0 Å². The molecule has 0 radical (unpaired) electrons. The Kier molecular flexibility index (Phi) is 4.05. The first-order valence-corrected chi connectivity index (χ1v) is 4.28. The van der Waals surface area contributed by atoms with E-state index in [-0.39, 0.29) is 6.61 Å². The van der Waals surface area contributed by atoms with Gasteiger partial charge in [0.05, 0.1) is 6.61 Å². The zero-order valence-electron chi connectivity index (χ0n) is 7.44. The van der Waals surface area contributed by atoms with Gasteiger partial charge in [-0.1, -0.05) is 0 Å². The molecule has 0 aromatic carbocycles. The van der Waals surface area contributed by atoms with Crippen LogP contribution in [0.5, 0.6) is 5.75 Å². The Bertz CT molecular complexity index is 253. The second kappa shape index (κ2) is 5.37. The molecule has 4 nitrogen and oxygen atoms in total. The number of nitrogens with zero attached hydrogens (tertiary/aromatic N) is 1. The van der Waals surface area contributed by atoms with Crippen molar-refractivity contribution in [1.29, 1.82) is 0 Å². The maximum atomic E-state index is 8.53. The van der Waals surface area contributed by atoms with Crippen LogP contribution in [0.4, 0.5) is 5.82 Å². The summed E-state index contributed by atoms with van der Waals surface area (Å²) < 4.78 is 5.34. The number of aromatic nitrogens is 1. The molecule has 72 valence electrons. The Morgan fingerprint density at radius 3 is 3.00 bits per heavy atom. The number of hydrogen-bond donors (Lipinski definition) is 2. The Hall–Kier alpha value is -1.29. The third kappa shape index (κ3) is 3.29.